The first-order chi connectivity index (χ1) is 8.91. The monoisotopic (exact) mass is 269 g/mol. The van der Waals surface area contributed by atoms with Crippen LogP contribution < -0.4 is 0 Å². The maximum absolute atomic E-state index is 12.2. The Balaban J connectivity index is 1.87. The molecular weight excluding hydrogens is 246 g/mol. The SMILES string of the molecule is COC1(CC(=O)N2CCC(C)(C(=O)O)CC2)CCC1. The van der Waals surface area contributed by atoms with Crippen molar-refractivity contribution in [2.45, 2.75) is 51.0 Å². The highest BCUT2D eigenvalue weighted by Gasteiger charge is 2.42. The summed E-state index contributed by atoms with van der Waals surface area (Å²) in [6.45, 7) is 2.85. The number of ether oxygens (including phenoxy) is 1. The van der Waals surface area contributed by atoms with Crippen LogP contribution in [-0.2, 0) is 14.3 Å². The van der Waals surface area contributed by atoms with E-state index in [9.17, 15) is 14.7 Å². The molecule has 2 fully saturated rings. The minimum Gasteiger partial charge on any atom is -0.481 e. The minimum atomic E-state index is -0.757. The van der Waals surface area contributed by atoms with Crippen molar-refractivity contribution in [1.29, 1.82) is 0 Å². The minimum absolute atomic E-state index is 0.106. The molecule has 1 aliphatic carbocycles. The molecule has 5 nitrogen and oxygen atoms in total. The number of rotatable bonds is 4. The Labute approximate surface area is 113 Å². The van der Waals surface area contributed by atoms with Crippen molar-refractivity contribution in [2.75, 3.05) is 20.2 Å². The third kappa shape index (κ3) is 2.76. The predicted octanol–water partition coefficient (Wildman–Crippen LogP) is 1.66. The van der Waals surface area contributed by atoms with E-state index in [1.54, 1.807) is 18.9 Å². The molecule has 0 atom stereocenters. The van der Waals surface area contributed by atoms with Crippen LogP contribution in [-0.4, -0.2) is 47.7 Å². The van der Waals surface area contributed by atoms with Gasteiger partial charge in [0, 0.05) is 20.2 Å². The Morgan fingerprint density at radius 1 is 1.21 bits per heavy atom. The van der Waals surface area contributed by atoms with Crippen LogP contribution in [0, 0.1) is 5.41 Å². The van der Waals surface area contributed by atoms with Crippen molar-refractivity contribution in [2.24, 2.45) is 5.41 Å². The number of aliphatic carboxylic acids is 1. The summed E-state index contributed by atoms with van der Waals surface area (Å²) in [5, 5.41) is 9.17. The summed E-state index contributed by atoms with van der Waals surface area (Å²) in [5.41, 5.74) is -0.920. The van der Waals surface area contributed by atoms with Crippen molar-refractivity contribution >= 4 is 11.9 Å². The van der Waals surface area contributed by atoms with Crippen molar-refractivity contribution in [3.05, 3.63) is 0 Å². The molecule has 1 saturated heterocycles. The molecule has 1 aliphatic heterocycles. The fourth-order valence-electron chi connectivity index (χ4n) is 2.88. The average molecular weight is 269 g/mol. The molecule has 2 rings (SSSR count). The molecule has 5 heteroatoms. The summed E-state index contributed by atoms with van der Waals surface area (Å²) >= 11 is 0. The van der Waals surface area contributed by atoms with Gasteiger partial charge in [0.15, 0.2) is 0 Å². The molecule has 0 aromatic rings. The molecular formula is C14H23NO4. The summed E-state index contributed by atoms with van der Waals surface area (Å²) in [4.78, 5) is 25.2. The number of hydrogen-bond donors (Lipinski definition) is 1. The van der Waals surface area contributed by atoms with Gasteiger partial charge >= 0.3 is 5.97 Å². The van der Waals surface area contributed by atoms with Crippen molar-refractivity contribution in [3.63, 3.8) is 0 Å². The van der Waals surface area contributed by atoms with Crippen LogP contribution in [0.4, 0.5) is 0 Å². The van der Waals surface area contributed by atoms with E-state index in [1.807, 2.05) is 0 Å². The number of nitrogens with zero attached hydrogens (tertiary/aromatic N) is 1. The zero-order chi connectivity index (χ0) is 14.1. The van der Waals surface area contributed by atoms with Gasteiger partial charge in [0.05, 0.1) is 17.4 Å². The van der Waals surface area contributed by atoms with Crippen LogP contribution in [0.15, 0.2) is 0 Å². The quantitative estimate of drug-likeness (QED) is 0.843. The summed E-state index contributed by atoms with van der Waals surface area (Å²) in [7, 11) is 1.67. The predicted molar refractivity (Wildman–Crippen MR) is 69.8 cm³/mol. The summed E-state index contributed by atoms with van der Waals surface area (Å²) in [6.07, 6.45) is 4.54. The molecule has 1 amide bonds. The molecule has 1 saturated carbocycles. The molecule has 1 N–H and O–H groups in total. The number of carbonyl (C=O) groups is 2. The van der Waals surface area contributed by atoms with E-state index in [0.717, 1.165) is 19.3 Å². The highest BCUT2D eigenvalue weighted by Crippen LogP contribution is 2.39. The summed E-state index contributed by atoms with van der Waals surface area (Å²) < 4.78 is 5.47. The van der Waals surface area contributed by atoms with Gasteiger partial charge in [-0.15, -0.1) is 0 Å². The van der Waals surface area contributed by atoms with Crippen molar-refractivity contribution in [3.8, 4) is 0 Å². The first-order valence-corrected chi connectivity index (χ1v) is 6.97. The van der Waals surface area contributed by atoms with Crippen LogP contribution >= 0.6 is 0 Å². The van der Waals surface area contributed by atoms with Gasteiger partial charge in [-0.2, -0.15) is 0 Å². The molecule has 0 aromatic carbocycles. The van der Waals surface area contributed by atoms with Gasteiger partial charge in [0.25, 0.3) is 0 Å². The highest BCUT2D eigenvalue weighted by atomic mass is 16.5. The molecule has 19 heavy (non-hydrogen) atoms. The Kier molecular flexibility index (Phi) is 3.85. The van der Waals surface area contributed by atoms with E-state index >= 15 is 0 Å². The average Bonchev–Trinajstić information content (AvgIpc) is 2.34. The van der Waals surface area contributed by atoms with E-state index in [1.165, 1.54) is 0 Å². The number of amides is 1. The second-order valence-corrected chi connectivity index (χ2v) is 6.16. The van der Waals surface area contributed by atoms with E-state index in [0.29, 0.717) is 32.4 Å². The fraction of sp³-hybridized carbons (Fsp3) is 0.857. The molecule has 0 spiro atoms. The normalized spacial score (nSPS) is 24.6. The van der Waals surface area contributed by atoms with Crippen molar-refractivity contribution in [1.82, 2.24) is 4.90 Å². The number of hydrogen-bond acceptors (Lipinski definition) is 3. The van der Waals surface area contributed by atoms with Gasteiger partial charge in [-0.1, -0.05) is 0 Å². The van der Waals surface area contributed by atoms with Gasteiger partial charge in [-0.3, -0.25) is 9.59 Å². The number of piperidine rings is 1. The van der Waals surface area contributed by atoms with Gasteiger partial charge in [0.1, 0.15) is 0 Å². The van der Waals surface area contributed by atoms with E-state index in [2.05, 4.69) is 0 Å². The molecule has 0 aromatic heterocycles. The van der Waals surface area contributed by atoms with Gasteiger partial charge in [0.2, 0.25) is 5.91 Å². The third-order valence-corrected chi connectivity index (χ3v) is 4.91. The van der Waals surface area contributed by atoms with Crippen LogP contribution in [0.3, 0.4) is 0 Å². The Hall–Kier alpha value is -1.10. The topological polar surface area (TPSA) is 66.8 Å². The zero-order valence-electron chi connectivity index (χ0n) is 11.8. The maximum Gasteiger partial charge on any atom is 0.309 e. The molecule has 0 radical (unpaired) electrons. The highest BCUT2D eigenvalue weighted by molar-refractivity contribution is 5.79. The summed E-state index contributed by atoms with van der Waals surface area (Å²) in [5.74, 6) is -0.652. The number of carboxylic acid groups (broad SMARTS) is 1. The lowest BCUT2D eigenvalue weighted by atomic mass is 9.76. The first-order valence-electron chi connectivity index (χ1n) is 6.97. The largest absolute Gasteiger partial charge is 0.481 e. The smallest absolute Gasteiger partial charge is 0.309 e. The lowest BCUT2D eigenvalue weighted by Gasteiger charge is -2.42. The number of carboxylic acids is 1. The van der Waals surface area contributed by atoms with Crippen LogP contribution in [0.2, 0.25) is 0 Å². The Bertz CT molecular complexity index is 362. The van der Waals surface area contributed by atoms with E-state index in [-0.39, 0.29) is 11.5 Å². The number of likely N-dealkylation sites (tertiary alicyclic amines) is 1. The first kappa shape index (κ1) is 14.3. The second kappa shape index (κ2) is 5.12. The zero-order valence-corrected chi connectivity index (χ0v) is 11.8. The molecule has 2 aliphatic rings. The number of methoxy groups -OCH3 is 1. The van der Waals surface area contributed by atoms with Crippen LogP contribution in [0.1, 0.15) is 45.4 Å². The van der Waals surface area contributed by atoms with Gasteiger partial charge < -0.3 is 14.7 Å². The van der Waals surface area contributed by atoms with Crippen LogP contribution in [0.5, 0.6) is 0 Å². The molecule has 0 bridgehead atoms. The lowest BCUT2D eigenvalue weighted by molar-refractivity contribution is -0.155. The van der Waals surface area contributed by atoms with Gasteiger partial charge in [-0.25, -0.2) is 0 Å². The Morgan fingerprint density at radius 3 is 2.16 bits per heavy atom. The standard InChI is InChI=1S/C14H23NO4/c1-13(12(17)18)6-8-15(9-7-13)11(16)10-14(19-2)4-3-5-14/h3-10H2,1-2H3,(H,17,18). The molecule has 1 heterocycles. The fourth-order valence-corrected chi connectivity index (χ4v) is 2.88. The molecule has 108 valence electrons. The van der Waals surface area contributed by atoms with Gasteiger partial charge in [-0.05, 0) is 39.0 Å². The Morgan fingerprint density at radius 2 is 1.79 bits per heavy atom. The number of carbonyl (C=O) groups excluding carboxylic acids is 1. The van der Waals surface area contributed by atoms with E-state index < -0.39 is 11.4 Å². The maximum atomic E-state index is 12.2. The lowest BCUT2D eigenvalue weighted by Crippen LogP contribution is -2.49. The van der Waals surface area contributed by atoms with E-state index in [4.69, 9.17) is 4.74 Å². The second-order valence-electron chi connectivity index (χ2n) is 6.16. The van der Waals surface area contributed by atoms with Crippen LogP contribution in [0.25, 0.3) is 0 Å². The van der Waals surface area contributed by atoms with Crippen molar-refractivity contribution < 1.29 is 19.4 Å². The molecule has 0 unspecified atom stereocenters. The summed E-state index contributed by atoms with van der Waals surface area (Å²) in [6, 6.07) is 0. The third-order valence-electron chi connectivity index (χ3n) is 4.91.